The molecular formula is C8H5ClN2O2. The Morgan fingerprint density at radius 2 is 2.23 bits per heavy atom. The molecule has 4 nitrogen and oxygen atoms in total. The normalized spacial score (nSPS) is 13.5. The highest BCUT2D eigenvalue weighted by molar-refractivity contribution is 6.32. The molecule has 0 aromatic carbocycles. The Kier molecular flexibility index (Phi) is 1.95. The van der Waals surface area contributed by atoms with Gasteiger partial charge in [0.1, 0.15) is 25.0 Å². The Morgan fingerprint density at radius 3 is 3.00 bits per heavy atom. The molecule has 0 atom stereocenters. The van der Waals surface area contributed by atoms with Gasteiger partial charge in [0.2, 0.25) is 5.75 Å². The molecule has 0 aliphatic carbocycles. The summed E-state index contributed by atoms with van der Waals surface area (Å²) >= 11 is 5.83. The predicted molar refractivity (Wildman–Crippen MR) is 45.0 cm³/mol. The molecule has 0 unspecified atom stereocenters. The quantitative estimate of drug-likeness (QED) is 0.629. The van der Waals surface area contributed by atoms with Crippen LogP contribution in [0.25, 0.3) is 0 Å². The van der Waals surface area contributed by atoms with Crippen molar-refractivity contribution in [2.45, 2.75) is 0 Å². The third kappa shape index (κ3) is 1.38. The summed E-state index contributed by atoms with van der Waals surface area (Å²) < 4.78 is 10.4. The van der Waals surface area contributed by atoms with Crippen LogP contribution in [0.5, 0.6) is 11.6 Å². The fourth-order valence-electron chi connectivity index (χ4n) is 1.05. The van der Waals surface area contributed by atoms with Crippen molar-refractivity contribution >= 4 is 11.6 Å². The largest absolute Gasteiger partial charge is 0.483 e. The smallest absolute Gasteiger partial charge is 0.260 e. The molecule has 1 aliphatic rings. The average Bonchev–Trinajstić information content (AvgIpc) is 2.18. The molecule has 5 heteroatoms. The highest BCUT2D eigenvalue weighted by Gasteiger charge is 2.17. The van der Waals surface area contributed by atoms with E-state index in [0.717, 1.165) is 0 Å². The first-order valence-electron chi connectivity index (χ1n) is 3.67. The van der Waals surface area contributed by atoms with Crippen molar-refractivity contribution in [2.75, 3.05) is 13.2 Å². The van der Waals surface area contributed by atoms with Crippen LogP contribution in [0.3, 0.4) is 0 Å². The van der Waals surface area contributed by atoms with E-state index in [4.69, 9.17) is 26.3 Å². The lowest BCUT2D eigenvalue weighted by Crippen LogP contribution is -2.16. The number of nitriles is 1. The van der Waals surface area contributed by atoms with Gasteiger partial charge in [-0.3, -0.25) is 0 Å². The standard InChI is InChI=1S/C8H5ClN2O2/c9-6-3-5(4-10)11-8-7(6)12-1-2-13-8/h3H,1-2H2. The molecule has 0 saturated carbocycles. The van der Waals surface area contributed by atoms with E-state index >= 15 is 0 Å². The zero-order valence-corrected chi connectivity index (χ0v) is 7.34. The van der Waals surface area contributed by atoms with Crippen LogP contribution in [0.2, 0.25) is 5.02 Å². The second-order valence-electron chi connectivity index (χ2n) is 2.43. The Morgan fingerprint density at radius 1 is 1.46 bits per heavy atom. The molecular weight excluding hydrogens is 192 g/mol. The fourth-order valence-corrected chi connectivity index (χ4v) is 1.29. The number of halogens is 1. The lowest BCUT2D eigenvalue weighted by atomic mass is 10.3. The van der Waals surface area contributed by atoms with Gasteiger partial charge >= 0.3 is 0 Å². The predicted octanol–water partition coefficient (Wildman–Crippen LogP) is 1.38. The summed E-state index contributed by atoms with van der Waals surface area (Å²) in [5, 5.41) is 8.96. The van der Waals surface area contributed by atoms with Crippen molar-refractivity contribution < 1.29 is 9.47 Å². The van der Waals surface area contributed by atoms with Gasteiger partial charge in [-0.15, -0.1) is 0 Å². The Balaban J connectivity index is 2.54. The van der Waals surface area contributed by atoms with Gasteiger partial charge in [-0.1, -0.05) is 11.6 Å². The van der Waals surface area contributed by atoms with Gasteiger partial charge in [0.15, 0.2) is 0 Å². The van der Waals surface area contributed by atoms with Crippen molar-refractivity contribution in [3.05, 3.63) is 16.8 Å². The van der Waals surface area contributed by atoms with Gasteiger partial charge in [-0.05, 0) is 6.07 Å². The van der Waals surface area contributed by atoms with Crippen LogP contribution in [-0.4, -0.2) is 18.2 Å². The Hall–Kier alpha value is -1.47. The van der Waals surface area contributed by atoms with E-state index in [2.05, 4.69) is 4.98 Å². The summed E-state index contributed by atoms with van der Waals surface area (Å²) in [4.78, 5) is 3.90. The summed E-state index contributed by atoms with van der Waals surface area (Å²) in [5.74, 6) is 0.724. The summed E-state index contributed by atoms with van der Waals surface area (Å²) in [6.45, 7) is 0.894. The van der Waals surface area contributed by atoms with Crippen molar-refractivity contribution in [3.8, 4) is 17.7 Å². The number of aromatic nitrogens is 1. The number of nitrogens with zero attached hydrogens (tertiary/aromatic N) is 2. The van der Waals surface area contributed by atoms with Crippen LogP contribution >= 0.6 is 11.6 Å². The fraction of sp³-hybridized carbons (Fsp3) is 0.250. The van der Waals surface area contributed by atoms with Gasteiger partial charge in [0.25, 0.3) is 5.88 Å². The maximum Gasteiger partial charge on any atom is 0.260 e. The van der Waals surface area contributed by atoms with E-state index in [1.807, 2.05) is 6.07 Å². The molecule has 1 aromatic rings. The van der Waals surface area contributed by atoms with Crippen molar-refractivity contribution in [1.29, 1.82) is 5.26 Å². The molecule has 2 heterocycles. The van der Waals surface area contributed by atoms with E-state index in [1.54, 1.807) is 0 Å². The molecule has 1 aliphatic heterocycles. The van der Waals surface area contributed by atoms with Crippen LogP contribution in [0, 0.1) is 11.3 Å². The van der Waals surface area contributed by atoms with Crippen LogP contribution in [0.15, 0.2) is 6.07 Å². The monoisotopic (exact) mass is 196 g/mol. The molecule has 2 rings (SSSR count). The van der Waals surface area contributed by atoms with Gasteiger partial charge in [-0.25, -0.2) is 0 Å². The first-order valence-corrected chi connectivity index (χ1v) is 4.05. The Bertz CT molecular complexity index is 386. The van der Waals surface area contributed by atoms with Crippen LogP contribution < -0.4 is 9.47 Å². The molecule has 1 aromatic heterocycles. The molecule has 0 radical (unpaired) electrons. The number of rotatable bonds is 0. The van der Waals surface area contributed by atoms with Crippen molar-refractivity contribution in [2.24, 2.45) is 0 Å². The second-order valence-corrected chi connectivity index (χ2v) is 2.84. The van der Waals surface area contributed by atoms with Gasteiger partial charge in [-0.2, -0.15) is 10.2 Å². The van der Waals surface area contributed by atoms with Gasteiger partial charge in [0.05, 0.1) is 5.02 Å². The molecule has 0 bridgehead atoms. The van der Waals surface area contributed by atoms with Crippen LogP contribution in [-0.2, 0) is 0 Å². The minimum absolute atomic E-state index is 0.231. The highest BCUT2D eigenvalue weighted by atomic mass is 35.5. The first kappa shape index (κ1) is 8.14. The third-order valence-corrected chi connectivity index (χ3v) is 1.86. The SMILES string of the molecule is N#Cc1cc(Cl)c2c(n1)OCCO2. The zero-order chi connectivity index (χ0) is 9.26. The minimum atomic E-state index is 0.231. The molecule has 0 fully saturated rings. The summed E-state index contributed by atoms with van der Waals surface area (Å²) in [7, 11) is 0. The second kappa shape index (κ2) is 3.11. The lowest BCUT2D eigenvalue weighted by molar-refractivity contribution is 0.164. The van der Waals surface area contributed by atoms with Crippen LogP contribution in [0.4, 0.5) is 0 Å². The molecule has 0 saturated heterocycles. The third-order valence-electron chi connectivity index (χ3n) is 1.58. The van der Waals surface area contributed by atoms with Gasteiger partial charge in [0, 0.05) is 0 Å². The Labute approximate surface area is 79.7 Å². The summed E-state index contributed by atoms with van der Waals surface area (Å²) in [6.07, 6.45) is 0. The van der Waals surface area contributed by atoms with Gasteiger partial charge < -0.3 is 9.47 Å². The molecule has 66 valence electrons. The summed E-state index contributed by atoms with van der Waals surface area (Å²) in [6, 6.07) is 3.34. The van der Waals surface area contributed by atoms with Crippen LogP contribution in [0.1, 0.15) is 5.69 Å². The number of fused-ring (bicyclic) bond motifs is 1. The molecule has 0 amide bonds. The van der Waals surface area contributed by atoms with E-state index in [-0.39, 0.29) is 5.69 Å². The minimum Gasteiger partial charge on any atom is -0.483 e. The average molecular weight is 197 g/mol. The number of pyridine rings is 1. The molecule has 13 heavy (non-hydrogen) atoms. The first-order chi connectivity index (χ1) is 6.31. The van der Waals surface area contributed by atoms with Crippen molar-refractivity contribution in [1.82, 2.24) is 4.98 Å². The molecule has 0 N–H and O–H groups in total. The maximum absolute atomic E-state index is 8.60. The molecule has 0 spiro atoms. The lowest BCUT2D eigenvalue weighted by Gasteiger charge is -2.17. The van der Waals surface area contributed by atoms with E-state index in [0.29, 0.717) is 29.9 Å². The van der Waals surface area contributed by atoms with E-state index < -0.39 is 0 Å². The topological polar surface area (TPSA) is 55.1 Å². The van der Waals surface area contributed by atoms with E-state index in [1.165, 1.54) is 6.07 Å². The number of hydrogen-bond acceptors (Lipinski definition) is 4. The highest BCUT2D eigenvalue weighted by Crippen LogP contribution is 2.35. The number of hydrogen-bond donors (Lipinski definition) is 0. The van der Waals surface area contributed by atoms with Crippen molar-refractivity contribution in [3.63, 3.8) is 0 Å². The summed E-state index contributed by atoms with van der Waals surface area (Å²) in [5.41, 5.74) is 0.231. The van der Waals surface area contributed by atoms with E-state index in [9.17, 15) is 0 Å². The zero-order valence-electron chi connectivity index (χ0n) is 6.58. The maximum atomic E-state index is 8.60. The number of ether oxygens (including phenoxy) is 2.